The summed E-state index contributed by atoms with van der Waals surface area (Å²) in [6.07, 6.45) is 1.73. The molecule has 0 saturated heterocycles. The van der Waals surface area contributed by atoms with Gasteiger partial charge < -0.3 is 0 Å². The van der Waals surface area contributed by atoms with Crippen molar-refractivity contribution in [2.24, 2.45) is 0 Å². The minimum atomic E-state index is 0.632. The van der Waals surface area contributed by atoms with E-state index in [9.17, 15) is 0 Å². The van der Waals surface area contributed by atoms with E-state index in [0.29, 0.717) is 5.56 Å². The summed E-state index contributed by atoms with van der Waals surface area (Å²) in [5.41, 5.74) is 4.04. The molecular formula is C22H12N2. The molecule has 24 heavy (non-hydrogen) atoms. The van der Waals surface area contributed by atoms with Gasteiger partial charge in [0, 0.05) is 22.9 Å². The number of aromatic nitrogens is 1. The van der Waals surface area contributed by atoms with Crippen LogP contribution in [0.3, 0.4) is 0 Å². The minimum absolute atomic E-state index is 0.632. The maximum absolute atomic E-state index is 8.80. The summed E-state index contributed by atoms with van der Waals surface area (Å²) in [5, 5.41) is 8.80. The molecule has 2 aromatic carbocycles. The highest BCUT2D eigenvalue weighted by molar-refractivity contribution is 5.49. The van der Waals surface area contributed by atoms with E-state index in [4.69, 9.17) is 5.26 Å². The summed E-state index contributed by atoms with van der Waals surface area (Å²) in [7, 11) is 0. The van der Waals surface area contributed by atoms with Crippen LogP contribution in [0.15, 0.2) is 72.9 Å². The van der Waals surface area contributed by atoms with Gasteiger partial charge in [0.25, 0.3) is 0 Å². The second-order valence-corrected chi connectivity index (χ2v) is 4.98. The van der Waals surface area contributed by atoms with Gasteiger partial charge in [0.05, 0.1) is 11.6 Å². The standard InChI is InChI=1S/C22H12N2/c23-17-21-11-8-18(9-12-21)7-10-19-4-3-5-20(16-19)13-14-22-6-1-2-15-24-22/h1-6,8-9,11-12,15-16H. The quantitative estimate of drug-likeness (QED) is 0.593. The highest BCUT2D eigenvalue weighted by atomic mass is 14.6. The molecule has 0 atom stereocenters. The number of hydrogen-bond acceptors (Lipinski definition) is 2. The zero-order valence-corrected chi connectivity index (χ0v) is 12.8. The summed E-state index contributed by atoms with van der Waals surface area (Å²) < 4.78 is 0. The molecule has 0 spiro atoms. The monoisotopic (exact) mass is 304 g/mol. The van der Waals surface area contributed by atoms with E-state index < -0.39 is 0 Å². The molecule has 0 aliphatic carbocycles. The first-order valence-electron chi connectivity index (χ1n) is 7.39. The molecule has 0 bridgehead atoms. The zero-order chi connectivity index (χ0) is 16.6. The normalized spacial score (nSPS) is 8.96. The van der Waals surface area contributed by atoms with E-state index in [1.54, 1.807) is 18.3 Å². The van der Waals surface area contributed by atoms with Gasteiger partial charge in [-0.15, -0.1) is 0 Å². The number of hydrogen-bond donors (Lipinski definition) is 0. The third-order valence-electron chi connectivity index (χ3n) is 3.23. The van der Waals surface area contributed by atoms with E-state index in [1.807, 2.05) is 54.6 Å². The summed E-state index contributed by atoms with van der Waals surface area (Å²) in [4.78, 5) is 4.18. The first-order valence-corrected chi connectivity index (χ1v) is 7.39. The van der Waals surface area contributed by atoms with Crippen LogP contribution in [0.5, 0.6) is 0 Å². The summed E-state index contributed by atoms with van der Waals surface area (Å²) >= 11 is 0. The Morgan fingerprint density at radius 2 is 1.29 bits per heavy atom. The number of nitriles is 1. The lowest BCUT2D eigenvalue weighted by Gasteiger charge is -1.93. The highest BCUT2D eigenvalue weighted by Gasteiger charge is 1.92. The Kier molecular flexibility index (Phi) is 4.70. The summed E-state index contributed by atoms with van der Waals surface area (Å²) in [5.74, 6) is 12.3. The van der Waals surface area contributed by atoms with Gasteiger partial charge in [0.1, 0.15) is 5.69 Å². The van der Waals surface area contributed by atoms with Gasteiger partial charge in [-0.3, -0.25) is 0 Å². The molecule has 2 heteroatoms. The van der Waals surface area contributed by atoms with Crippen LogP contribution in [-0.2, 0) is 0 Å². The Morgan fingerprint density at radius 3 is 1.96 bits per heavy atom. The van der Waals surface area contributed by atoms with Gasteiger partial charge in [-0.2, -0.15) is 5.26 Å². The lowest BCUT2D eigenvalue weighted by atomic mass is 10.1. The van der Waals surface area contributed by atoms with Crippen LogP contribution in [0.1, 0.15) is 27.9 Å². The molecule has 0 fully saturated rings. The molecule has 0 radical (unpaired) electrons. The molecule has 1 aromatic heterocycles. The van der Waals surface area contributed by atoms with Crippen molar-refractivity contribution in [3.8, 4) is 29.8 Å². The van der Waals surface area contributed by atoms with Gasteiger partial charge in [0.15, 0.2) is 0 Å². The number of nitrogens with zero attached hydrogens (tertiary/aromatic N) is 2. The number of pyridine rings is 1. The molecule has 0 amide bonds. The van der Waals surface area contributed by atoms with Crippen LogP contribution in [-0.4, -0.2) is 4.98 Å². The Bertz CT molecular complexity index is 1000. The second kappa shape index (κ2) is 7.46. The average molecular weight is 304 g/mol. The maximum atomic E-state index is 8.80. The van der Waals surface area contributed by atoms with Crippen molar-refractivity contribution < 1.29 is 0 Å². The molecule has 0 saturated carbocycles. The van der Waals surface area contributed by atoms with Crippen molar-refractivity contribution in [1.29, 1.82) is 5.26 Å². The molecule has 3 rings (SSSR count). The SMILES string of the molecule is N#Cc1ccc(C#Cc2cccc(C#Cc3ccccn3)c2)cc1. The van der Waals surface area contributed by atoms with Crippen molar-refractivity contribution in [2.75, 3.05) is 0 Å². The number of rotatable bonds is 0. The topological polar surface area (TPSA) is 36.7 Å². The Hall–Kier alpha value is -3.80. The Labute approximate surface area is 141 Å². The van der Waals surface area contributed by atoms with Crippen LogP contribution in [0.4, 0.5) is 0 Å². The van der Waals surface area contributed by atoms with E-state index in [0.717, 1.165) is 22.4 Å². The molecule has 110 valence electrons. The lowest BCUT2D eigenvalue weighted by molar-refractivity contribution is 1.29. The molecule has 0 aliphatic heterocycles. The van der Waals surface area contributed by atoms with E-state index >= 15 is 0 Å². The fourth-order valence-electron chi connectivity index (χ4n) is 2.02. The summed E-state index contributed by atoms with van der Waals surface area (Å²) in [6.45, 7) is 0. The van der Waals surface area contributed by atoms with Gasteiger partial charge in [0.2, 0.25) is 0 Å². The Morgan fingerprint density at radius 1 is 0.625 bits per heavy atom. The van der Waals surface area contributed by atoms with E-state index in [1.165, 1.54) is 0 Å². The minimum Gasteiger partial charge on any atom is -0.248 e. The Balaban J connectivity index is 1.80. The smallest absolute Gasteiger partial charge is 0.113 e. The largest absolute Gasteiger partial charge is 0.248 e. The van der Waals surface area contributed by atoms with Crippen molar-refractivity contribution in [3.63, 3.8) is 0 Å². The first-order chi connectivity index (χ1) is 11.8. The van der Waals surface area contributed by atoms with E-state index in [-0.39, 0.29) is 0 Å². The van der Waals surface area contributed by atoms with Crippen molar-refractivity contribution in [3.05, 3.63) is 101 Å². The molecule has 0 N–H and O–H groups in total. The molecular weight excluding hydrogens is 292 g/mol. The van der Waals surface area contributed by atoms with Gasteiger partial charge >= 0.3 is 0 Å². The fraction of sp³-hybridized carbons (Fsp3) is 0. The van der Waals surface area contributed by atoms with Crippen LogP contribution in [0, 0.1) is 35.0 Å². The van der Waals surface area contributed by atoms with Crippen LogP contribution in [0.2, 0.25) is 0 Å². The van der Waals surface area contributed by atoms with Crippen molar-refractivity contribution >= 4 is 0 Å². The molecule has 3 aromatic rings. The number of benzene rings is 2. The van der Waals surface area contributed by atoms with Crippen LogP contribution in [0.25, 0.3) is 0 Å². The van der Waals surface area contributed by atoms with E-state index in [2.05, 4.69) is 34.7 Å². The third kappa shape index (κ3) is 4.11. The fourth-order valence-corrected chi connectivity index (χ4v) is 2.02. The van der Waals surface area contributed by atoms with Gasteiger partial charge in [-0.05, 0) is 60.5 Å². The first kappa shape index (κ1) is 15.1. The lowest BCUT2D eigenvalue weighted by Crippen LogP contribution is -1.82. The second-order valence-electron chi connectivity index (χ2n) is 4.98. The van der Waals surface area contributed by atoms with Crippen molar-refractivity contribution in [2.45, 2.75) is 0 Å². The summed E-state index contributed by atoms with van der Waals surface area (Å²) in [6, 6.07) is 22.7. The molecule has 0 unspecified atom stereocenters. The molecule has 2 nitrogen and oxygen atoms in total. The predicted octanol–water partition coefficient (Wildman–Crippen LogP) is 3.75. The molecule has 0 aliphatic rings. The predicted molar refractivity (Wildman–Crippen MR) is 93.8 cm³/mol. The van der Waals surface area contributed by atoms with Gasteiger partial charge in [-0.1, -0.05) is 29.9 Å². The highest BCUT2D eigenvalue weighted by Crippen LogP contribution is 2.05. The van der Waals surface area contributed by atoms with Crippen LogP contribution >= 0.6 is 0 Å². The zero-order valence-electron chi connectivity index (χ0n) is 12.8. The van der Waals surface area contributed by atoms with Crippen LogP contribution < -0.4 is 0 Å². The van der Waals surface area contributed by atoms with Gasteiger partial charge in [-0.25, -0.2) is 4.98 Å². The average Bonchev–Trinajstić information content (AvgIpc) is 2.66. The maximum Gasteiger partial charge on any atom is 0.113 e. The third-order valence-corrected chi connectivity index (χ3v) is 3.23. The van der Waals surface area contributed by atoms with Crippen molar-refractivity contribution in [1.82, 2.24) is 4.98 Å². The molecule has 1 heterocycles.